The van der Waals surface area contributed by atoms with E-state index in [0.29, 0.717) is 34.4 Å². The summed E-state index contributed by atoms with van der Waals surface area (Å²) in [6, 6.07) is 5.02. The molecule has 0 fully saturated rings. The number of hydrogen-bond donors (Lipinski definition) is 1. The Balaban J connectivity index is 0.00000729. The molecule has 0 radical (unpaired) electrons. The first kappa shape index (κ1) is 26.8. The van der Waals surface area contributed by atoms with E-state index >= 15 is 0 Å². The van der Waals surface area contributed by atoms with Gasteiger partial charge in [-0.15, -0.1) is 0 Å². The Morgan fingerprint density at radius 3 is 2.04 bits per heavy atom. The topological polar surface area (TPSA) is 75.1 Å². The smallest absolute Gasteiger partial charge is 0.142 e. The second kappa shape index (κ2) is 13.1. The van der Waals surface area contributed by atoms with Crippen molar-refractivity contribution in [3.05, 3.63) is 33.8 Å². The van der Waals surface area contributed by atoms with Crippen LogP contribution in [0, 0.1) is 17.2 Å². The molecular formula is C21H29Cl2NO3S. The Kier molecular flexibility index (Phi) is 12.6. The molecule has 1 N–H and O–H groups in total. The SMILES string of the molecule is CC(C)[C@H](C)C(=O)CCCC(=O)CC(=N)CC(=O)Cc1c(Cl)cccc1Cl.S. The van der Waals surface area contributed by atoms with Crippen molar-refractivity contribution in [3.8, 4) is 0 Å². The molecule has 1 rings (SSSR count). The van der Waals surface area contributed by atoms with Crippen molar-refractivity contribution in [2.45, 2.75) is 59.3 Å². The van der Waals surface area contributed by atoms with E-state index in [4.69, 9.17) is 28.6 Å². The van der Waals surface area contributed by atoms with Crippen LogP contribution in [-0.4, -0.2) is 23.1 Å². The van der Waals surface area contributed by atoms with E-state index in [0.717, 1.165) is 0 Å². The van der Waals surface area contributed by atoms with Crippen LogP contribution in [0.15, 0.2) is 18.2 Å². The molecule has 0 spiro atoms. The van der Waals surface area contributed by atoms with E-state index in [1.54, 1.807) is 18.2 Å². The average molecular weight is 446 g/mol. The predicted octanol–water partition coefficient (Wildman–Crippen LogP) is 5.62. The van der Waals surface area contributed by atoms with Gasteiger partial charge in [0.05, 0.1) is 0 Å². The summed E-state index contributed by atoms with van der Waals surface area (Å²) in [6.07, 6.45) is 1.00. The van der Waals surface area contributed by atoms with Gasteiger partial charge in [0.25, 0.3) is 0 Å². The van der Waals surface area contributed by atoms with Gasteiger partial charge < -0.3 is 5.41 Å². The molecule has 0 aliphatic rings. The molecular weight excluding hydrogens is 417 g/mol. The lowest BCUT2D eigenvalue weighted by Crippen LogP contribution is -2.17. The second-order valence-electron chi connectivity index (χ2n) is 7.26. The quantitative estimate of drug-likeness (QED) is 0.424. The van der Waals surface area contributed by atoms with Crippen LogP contribution in [0.5, 0.6) is 0 Å². The molecule has 0 aliphatic carbocycles. The fourth-order valence-electron chi connectivity index (χ4n) is 2.65. The number of halogens is 2. The third kappa shape index (κ3) is 9.35. The molecule has 7 heteroatoms. The maximum absolute atomic E-state index is 12.1. The lowest BCUT2D eigenvalue weighted by Gasteiger charge is -2.13. The normalized spacial score (nSPS) is 11.6. The van der Waals surface area contributed by atoms with Crippen molar-refractivity contribution < 1.29 is 14.4 Å². The maximum atomic E-state index is 12.1. The summed E-state index contributed by atoms with van der Waals surface area (Å²) in [4.78, 5) is 36.1. The first-order chi connectivity index (χ1) is 12.6. The van der Waals surface area contributed by atoms with E-state index in [9.17, 15) is 14.4 Å². The van der Waals surface area contributed by atoms with Gasteiger partial charge in [-0.25, -0.2) is 0 Å². The first-order valence-electron chi connectivity index (χ1n) is 9.17. The van der Waals surface area contributed by atoms with Crippen molar-refractivity contribution in [2.75, 3.05) is 0 Å². The second-order valence-corrected chi connectivity index (χ2v) is 8.08. The van der Waals surface area contributed by atoms with E-state index in [1.807, 2.05) is 20.8 Å². The number of nitrogens with one attached hydrogen (secondary N) is 1. The van der Waals surface area contributed by atoms with Gasteiger partial charge in [0, 0.05) is 53.8 Å². The van der Waals surface area contributed by atoms with Crippen molar-refractivity contribution >= 4 is 59.8 Å². The Labute approximate surface area is 184 Å². The van der Waals surface area contributed by atoms with Gasteiger partial charge in [-0.2, -0.15) is 13.5 Å². The fraction of sp³-hybridized carbons (Fsp3) is 0.524. The summed E-state index contributed by atoms with van der Waals surface area (Å²) >= 11 is 12.1. The van der Waals surface area contributed by atoms with Gasteiger partial charge in [0.1, 0.15) is 17.3 Å². The lowest BCUT2D eigenvalue weighted by atomic mass is 9.90. The zero-order valence-electron chi connectivity index (χ0n) is 16.6. The van der Waals surface area contributed by atoms with Gasteiger partial charge >= 0.3 is 0 Å². The summed E-state index contributed by atoms with van der Waals surface area (Å²) < 4.78 is 0. The van der Waals surface area contributed by atoms with Crippen LogP contribution >= 0.6 is 36.7 Å². The molecule has 0 aliphatic heterocycles. The van der Waals surface area contributed by atoms with Crippen molar-refractivity contribution in [1.29, 1.82) is 5.41 Å². The molecule has 0 aromatic heterocycles. The van der Waals surface area contributed by atoms with Gasteiger partial charge in [-0.1, -0.05) is 50.0 Å². The van der Waals surface area contributed by atoms with E-state index < -0.39 is 0 Å². The van der Waals surface area contributed by atoms with Gasteiger partial charge in [0.2, 0.25) is 0 Å². The van der Waals surface area contributed by atoms with Crippen LogP contribution in [0.2, 0.25) is 10.0 Å². The van der Waals surface area contributed by atoms with E-state index in [2.05, 4.69) is 0 Å². The number of rotatable bonds is 12. The van der Waals surface area contributed by atoms with Gasteiger partial charge in [-0.05, 0) is 30.0 Å². The van der Waals surface area contributed by atoms with Crippen LogP contribution in [0.4, 0.5) is 0 Å². The molecule has 0 heterocycles. The highest BCUT2D eigenvalue weighted by Gasteiger charge is 2.18. The zero-order chi connectivity index (χ0) is 20.6. The monoisotopic (exact) mass is 445 g/mol. The molecule has 4 nitrogen and oxygen atoms in total. The largest absolute Gasteiger partial charge is 0.309 e. The molecule has 0 amide bonds. The zero-order valence-corrected chi connectivity index (χ0v) is 19.1. The maximum Gasteiger partial charge on any atom is 0.142 e. The van der Waals surface area contributed by atoms with Crippen LogP contribution < -0.4 is 0 Å². The molecule has 1 aromatic carbocycles. The highest BCUT2D eigenvalue weighted by atomic mass is 35.5. The molecule has 0 saturated heterocycles. The first-order valence-corrected chi connectivity index (χ1v) is 9.92. The Hall–Kier alpha value is -1.17. The number of benzene rings is 1. The van der Waals surface area contributed by atoms with Crippen LogP contribution in [0.25, 0.3) is 0 Å². The molecule has 0 saturated carbocycles. The summed E-state index contributed by atoms with van der Waals surface area (Å²) in [5.74, 6) is 0.128. The van der Waals surface area contributed by atoms with Crippen LogP contribution in [-0.2, 0) is 20.8 Å². The molecule has 0 bridgehead atoms. The minimum Gasteiger partial charge on any atom is -0.309 e. The fourth-order valence-corrected chi connectivity index (χ4v) is 3.18. The minimum absolute atomic E-state index is 0. The highest BCUT2D eigenvalue weighted by Crippen LogP contribution is 2.25. The lowest BCUT2D eigenvalue weighted by molar-refractivity contribution is -0.124. The molecule has 28 heavy (non-hydrogen) atoms. The van der Waals surface area contributed by atoms with Gasteiger partial charge in [0.15, 0.2) is 0 Å². The summed E-state index contributed by atoms with van der Waals surface area (Å²) in [6.45, 7) is 5.91. The molecule has 0 unspecified atom stereocenters. The predicted molar refractivity (Wildman–Crippen MR) is 120 cm³/mol. The number of ketones is 3. The van der Waals surface area contributed by atoms with Crippen molar-refractivity contribution in [3.63, 3.8) is 0 Å². The number of hydrogen-bond acceptors (Lipinski definition) is 4. The summed E-state index contributed by atoms with van der Waals surface area (Å²) in [5.41, 5.74) is 0.623. The standard InChI is InChI=1S/C21H27Cl2NO3.H2S/c1-13(2)14(3)21(27)9-4-6-16(25)10-15(24)11-17(26)12-18-19(22)7-5-8-20(18)23;/h5,7-8,13-14,24H,4,6,9-12H2,1-3H3;1H2/t14-;/m0./s1. The van der Waals surface area contributed by atoms with E-state index in [1.165, 1.54) is 0 Å². The molecule has 1 atom stereocenters. The summed E-state index contributed by atoms with van der Waals surface area (Å²) in [5, 5.41) is 8.72. The Bertz CT molecular complexity index is 699. The van der Waals surface area contributed by atoms with Crippen molar-refractivity contribution in [1.82, 2.24) is 0 Å². The minimum atomic E-state index is -0.205. The van der Waals surface area contributed by atoms with Gasteiger partial charge in [-0.3, -0.25) is 14.4 Å². The highest BCUT2D eigenvalue weighted by molar-refractivity contribution is 7.59. The Morgan fingerprint density at radius 2 is 1.50 bits per heavy atom. The van der Waals surface area contributed by atoms with Crippen molar-refractivity contribution in [2.24, 2.45) is 11.8 Å². The number of carbonyl (C=O) groups is 3. The number of carbonyl (C=O) groups excluding carboxylic acids is 3. The molecule has 1 aromatic rings. The van der Waals surface area contributed by atoms with E-state index in [-0.39, 0.29) is 68.2 Å². The third-order valence-electron chi connectivity index (χ3n) is 4.64. The average Bonchev–Trinajstić information content (AvgIpc) is 2.57. The third-order valence-corrected chi connectivity index (χ3v) is 5.35. The summed E-state index contributed by atoms with van der Waals surface area (Å²) in [7, 11) is 0. The van der Waals surface area contributed by atoms with Crippen LogP contribution in [0.3, 0.4) is 0 Å². The molecule has 156 valence electrons. The number of Topliss-reactive ketones (excluding diaryl/α,β-unsaturated/α-hetero) is 3. The van der Waals surface area contributed by atoms with Crippen LogP contribution in [0.1, 0.15) is 58.4 Å². The Morgan fingerprint density at radius 1 is 0.964 bits per heavy atom.